The molecule has 0 radical (unpaired) electrons. The monoisotopic (exact) mass is 382 g/mol. The number of carboxylic acid groups (broad SMARTS) is 1. The summed E-state index contributed by atoms with van der Waals surface area (Å²) in [5, 5.41) is 13.8. The first-order valence-electron chi connectivity index (χ1n) is 8.21. The Morgan fingerprint density at radius 3 is 2.70 bits per heavy atom. The minimum atomic E-state index is -1.04. The highest BCUT2D eigenvalue weighted by molar-refractivity contribution is 7.14. The third kappa shape index (κ3) is 4.71. The molecule has 0 aliphatic rings. The van der Waals surface area contributed by atoms with E-state index in [4.69, 9.17) is 9.84 Å². The molecule has 0 fully saturated rings. The van der Waals surface area contributed by atoms with Crippen molar-refractivity contribution in [2.75, 3.05) is 11.9 Å². The molecule has 0 atom stereocenters. The molecule has 0 aliphatic carbocycles. The maximum atomic E-state index is 12.4. The van der Waals surface area contributed by atoms with Crippen molar-refractivity contribution in [1.29, 1.82) is 0 Å². The summed E-state index contributed by atoms with van der Waals surface area (Å²) in [6.45, 7) is 3.56. The molecular formula is C20H18N2O4S. The molecule has 1 aromatic heterocycles. The maximum absolute atomic E-state index is 12.4. The minimum Gasteiger partial charge on any atom is -0.482 e. The Kier molecular flexibility index (Phi) is 5.52. The van der Waals surface area contributed by atoms with Crippen LogP contribution in [0.1, 0.15) is 21.5 Å². The van der Waals surface area contributed by atoms with Crippen molar-refractivity contribution in [3.05, 3.63) is 64.5 Å². The average molecular weight is 382 g/mol. The second-order valence-electron chi connectivity index (χ2n) is 6.00. The van der Waals surface area contributed by atoms with E-state index in [1.54, 1.807) is 24.3 Å². The molecular weight excluding hydrogens is 364 g/mol. The summed E-state index contributed by atoms with van der Waals surface area (Å²) in [5.41, 5.74) is 4.23. The number of rotatable bonds is 6. The predicted octanol–water partition coefficient (Wildman–Crippen LogP) is 4.14. The average Bonchev–Trinajstić information content (AvgIpc) is 3.11. The normalized spacial score (nSPS) is 10.4. The number of nitrogens with zero attached hydrogens (tertiary/aromatic N) is 1. The Morgan fingerprint density at radius 2 is 1.96 bits per heavy atom. The number of hydrogen-bond acceptors (Lipinski definition) is 5. The van der Waals surface area contributed by atoms with Gasteiger partial charge in [0.1, 0.15) is 5.75 Å². The van der Waals surface area contributed by atoms with Crippen LogP contribution in [0.3, 0.4) is 0 Å². The Bertz CT molecular complexity index is 997. The molecule has 1 heterocycles. The van der Waals surface area contributed by atoms with E-state index in [1.807, 2.05) is 37.4 Å². The van der Waals surface area contributed by atoms with Crippen molar-refractivity contribution < 1.29 is 19.4 Å². The highest BCUT2D eigenvalue weighted by Gasteiger charge is 2.11. The van der Waals surface area contributed by atoms with Gasteiger partial charge in [-0.05, 0) is 49.2 Å². The molecule has 27 heavy (non-hydrogen) atoms. The molecule has 138 valence electrons. The zero-order valence-electron chi connectivity index (χ0n) is 14.9. The third-order valence-electron chi connectivity index (χ3n) is 3.99. The van der Waals surface area contributed by atoms with Crippen LogP contribution in [0.25, 0.3) is 11.3 Å². The van der Waals surface area contributed by atoms with Gasteiger partial charge in [0.2, 0.25) is 0 Å². The molecule has 1 amide bonds. The first-order valence-corrected chi connectivity index (χ1v) is 9.09. The van der Waals surface area contributed by atoms with Crippen LogP contribution in [0.4, 0.5) is 5.13 Å². The molecule has 3 aromatic rings. The molecule has 0 aliphatic heterocycles. The Balaban J connectivity index is 1.73. The van der Waals surface area contributed by atoms with Crippen molar-refractivity contribution in [1.82, 2.24) is 4.98 Å². The van der Waals surface area contributed by atoms with Gasteiger partial charge < -0.3 is 9.84 Å². The molecule has 6 nitrogen and oxygen atoms in total. The first-order chi connectivity index (χ1) is 12.9. The Labute approximate surface area is 160 Å². The number of nitrogens with one attached hydrogen (secondary N) is 1. The zero-order valence-corrected chi connectivity index (χ0v) is 15.7. The quantitative estimate of drug-likeness (QED) is 0.669. The van der Waals surface area contributed by atoms with E-state index in [1.165, 1.54) is 11.3 Å². The summed E-state index contributed by atoms with van der Waals surface area (Å²) < 4.78 is 5.19. The number of carbonyl (C=O) groups is 2. The lowest BCUT2D eigenvalue weighted by Gasteiger charge is -2.05. The topological polar surface area (TPSA) is 88.5 Å². The van der Waals surface area contributed by atoms with Gasteiger partial charge in [-0.15, -0.1) is 11.3 Å². The van der Waals surface area contributed by atoms with Gasteiger partial charge in [-0.3, -0.25) is 10.1 Å². The predicted molar refractivity (Wildman–Crippen MR) is 105 cm³/mol. The lowest BCUT2D eigenvalue weighted by Crippen LogP contribution is -2.12. The van der Waals surface area contributed by atoms with Gasteiger partial charge in [-0.2, -0.15) is 0 Å². The van der Waals surface area contributed by atoms with Crippen molar-refractivity contribution in [2.24, 2.45) is 0 Å². The number of anilines is 1. The van der Waals surface area contributed by atoms with Crippen LogP contribution in [-0.4, -0.2) is 28.6 Å². The number of benzene rings is 2. The summed E-state index contributed by atoms with van der Waals surface area (Å²) in [6.07, 6.45) is 0. The number of carboxylic acids is 1. The van der Waals surface area contributed by atoms with Crippen molar-refractivity contribution in [3.63, 3.8) is 0 Å². The number of aromatic nitrogens is 1. The number of thiazole rings is 1. The number of aryl methyl sites for hydroxylation is 2. The molecule has 0 saturated heterocycles. The largest absolute Gasteiger partial charge is 0.482 e. The second-order valence-corrected chi connectivity index (χ2v) is 6.86. The number of ether oxygens (including phenoxy) is 1. The van der Waals surface area contributed by atoms with Gasteiger partial charge >= 0.3 is 5.97 Å². The fourth-order valence-electron chi connectivity index (χ4n) is 2.41. The van der Waals surface area contributed by atoms with Crippen LogP contribution >= 0.6 is 11.3 Å². The van der Waals surface area contributed by atoms with E-state index in [0.717, 1.165) is 16.7 Å². The first kappa shape index (κ1) is 18.6. The molecule has 0 unspecified atom stereocenters. The van der Waals surface area contributed by atoms with E-state index in [9.17, 15) is 9.59 Å². The summed E-state index contributed by atoms with van der Waals surface area (Å²) in [7, 11) is 0. The third-order valence-corrected chi connectivity index (χ3v) is 4.74. The number of carbonyl (C=O) groups excluding carboxylic acids is 1. The van der Waals surface area contributed by atoms with Crippen molar-refractivity contribution >= 4 is 28.3 Å². The highest BCUT2D eigenvalue weighted by atomic mass is 32.1. The number of hydrogen-bond donors (Lipinski definition) is 2. The fraction of sp³-hybridized carbons (Fsp3) is 0.150. The highest BCUT2D eigenvalue weighted by Crippen LogP contribution is 2.28. The lowest BCUT2D eigenvalue weighted by atomic mass is 10.1. The van der Waals surface area contributed by atoms with Gasteiger partial charge in [-0.25, -0.2) is 9.78 Å². The van der Waals surface area contributed by atoms with Crippen LogP contribution in [0.5, 0.6) is 5.75 Å². The summed E-state index contributed by atoms with van der Waals surface area (Å²) in [5.74, 6) is -0.799. The van der Waals surface area contributed by atoms with Gasteiger partial charge in [0.15, 0.2) is 11.7 Å². The summed E-state index contributed by atoms with van der Waals surface area (Å²) in [6, 6.07) is 12.6. The maximum Gasteiger partial charge on any atom is 0.341 e. The molecule has 0 saturated carbocycles. The summed E-state index contributed by atoms with van der Waals surface area (Å²) in [4.78, 5) is 27.5. The summed E-state index contributed by atoms with van der Waals surface area (Å²) >= 11 is 1.32. The van der Waals surface area contributed by atoms with E-state index in [-0.39, 0.29) is 5.91 Å². The molecule has 2 N–H and O–H groups in total. The van der Waals surface area contributed by atoms with Gasteiger partial charge in [0.25, 0.3) is 5.91 Å². The Morgan fingerprint density at radius 1 is 1.15 bits per heavy atom. The second kappa shape index (κ2) is 8.01. The van der Waals surface area contributed by atoms with Gasteiger partial charge in [-0.1, -0.05) is 18.2 Å². The van der Waals surface area contributed by atoms with Crippen LogP contribution in [0.2, 0.25) is 0 Å². The number of aliphatic carboxylic acids is 1. The van der Waals surface area contributed by atoms with E-state index in [0.29, 0.717) is 22.1 Å². The van der Waals surface area contributed by atoms with Crippen molar-refractivity contribution in [3.8, 4) is 17.0 Å². The SMILES string of the molecule is Cc1ccc(C(=O)Nc2nc(-c3cccc(OCC(=O)O)c3)cs2)cc1C. The van der Waals surface area contributed by atoms with Crippen LogP contribution in [-0.2, 0) is 4.79 Å². The number of amides is 1. The lowest BCUT2D eigenvalue weighted by molar-refractivity contribution is -0.139. The van der Waals surface area contributed by atoms with Crippen LogP contribution in [0, 0.1) is 13.8 Å². The fourth-order valence-corrected chi connectivity index (χ4v) is 3.12. The molecule has 3 rings (SSSR count). The molecule has 0 spiro atoms. The minimum absolute atomic E-state index is 0.211. The van der Waals surface area contributed by atoms with E-state index >= 15 is 0 Å². The van der Waals surface area contributed by atoms with E-state index < -0.39 is 12.6 Å². The zero-order chi connectivity index (χ0) is 19.4. The van der Waals surface area contributed by atoms with Gasteiger partial charge in [0, 0.05) is 16.5 Å². The smallest absolute Gasteiger partial charge is 0.341 e. The van der Waals surface area contributed by atoms with Crippen LogP contribution in [0.15, 0.2) is 47.8 Å². The van der Waals surface area contributed by atoms with Crippen molar-refractivity contribution in [2.45, 2.75) is 13.8 Å². The Hall–Kier alpha value is -3.19. The standard InChI is InChI=1S/C20H18N2O4S/c1-12-6-7-15(8-13(12)2)19(25)22-20-21-17(11-27-20)14-4-3-5-16(9-14)26-10-18(23)24/h3-9,11H,10H2,1-2H3,(H,23,24)(H,21,22,25). The molecule has 2 aromatic carbocycles. The molecule has 7 heteroatoms. The van der Waals surface area contributed by atoms with E-state index in [2.05, 4.69) is 10.3 Å². The van der Waals surface area contributed by atoms with Crippen LogP contribution < -0.4 is 10.1 Å². The molecule has 0 bridgehead atoms. The van der Waals surface area contributed by atoms with Gasteiger partial charge in [0.05, 0.1) is 5.69 Å².